The number of likely N-dealkylation sites (N-methyl/N-ethyl adjacent to an activating group) is 1. The Labute approximate surface area is 90.8 Å². The van der Waals surface area contributed by atoms with Crippen LogP contribution in [0.15, 0.2) is 30.3 Å². The molecule has 0 amide bonds. The second-order valence-corrected chi connectivity index (χ2v) is 4.26. The fourth-order valence-electron chi connectivity index (χ4n) is 1.91. The molecule has 80 valence electrons. The number of β-amino-alcohol motifs (C(OH)–C–C–N with tert-alkyl or cyclic N) is 1. The second kappa shape index (κ2) is 4.17. The van der Waals surface area contributed by atoms with Crippen molar-refractivity contribution < 1.29 is 5.11 Å². The van der Waals surface area contributed by atoms with Crippen molar-refractivity contribution in [3.05, 3.63) is 41.5 Å². The minimum Gasteiger partial charge on any atom is -0.387 e. The molecule has 0 saturated heterocycles. The van der Waals surface area contributed by atoms with E-state index in [1.54, 1.807) is 0 Å². The van der Waals surface area contributed by atoms with Gasteiger partial charge in [-0.05, 0) is 25.1 Å². The number of aliphatic hydroxyl groups excluding tert-OH is 1. The average molecular weight is 203 g/mol. The largest absolute Gasteiger partial charge is 0.387 e. The molecule has 2 rings (SSSR count). The van der Waals surface area contributed by atoms with Crippen LogP contribution in [0.3, 0.4) is 0 Å². The molecule has 1 aliphatic rings. The lowest BCUT2D eigenvalue weighted by atomic mass is 9.96. The van der Waals surface area contributed by atoms with Crippen LogP contribution in [-0.2, 0) is 0 Å². The Morgan fingerprint density at radius 2 is 1.93 bits per heavy atom. The van der Waals surface area contributed by atoms with E-state index in [1.165, 1.54) is 5.56 Å². The third kappa shape index (κ3) is 2.28. The van der Waals surface area contributed by atoms with Gasteiger partial charge in [0.15, 0.2) is 0 Å². The van der Waals surface area contributed by atoms with Crippen LogP contribution in [0, 0.1) is 6.92 Å². The highest BCUT2D eigenvalue weighted by Crippen LogP contribution is 2.22. The SMILES string of the molecule is Cc1ccc(C2=CCN(C)CC2O)cc1. The summed E-state index contributed by atoms with van der Waals surface area (Å²) in [5.74, 6) is 0. The summed E-state index contributed by atoms with van der Waals surface area (Å²) in [6.45, 7) is 3.71. The summed E-state index contributed by atoms with van der Waals surface area (Å²) in [5, 5.41) is 9.95. The molecule has 0 fully saturated rings. The summed E-state index contributed by atoms with van der Waals surface area (Å²) in [4.78, 5) is 2.11. The molecule has 0 spiro atoms. The van der Waals surface area contributed by atoms with E-state index in [4.69, 9.17) is 0 Å². The Morgan fingerprint density at radius 3 is 2.53 bits per heavy atom. The van der Waals surface area contributed by atoms with Crippen LogP contribution < -0.4 is 0 Å². The molecule has 0 aliphatic carbocycles. The summed E-state index contributed by atoms with van der Waals surface area (Å²) in [6, 6.07) is 8.33. The maximum Gasteiger partial charge on any atom is 0.0920 e. The summed E-state index contributed by atoms with van der Waals surface area (Å²) in [6.07, 6.45) is 1.75. The fourth-order valence-corrected chi connectivity index (χ4v) is 1.91. The highest BCUT2D eigenvalue weighted by molar-refractivity contribution is 5.69. The van der Waals surface area contributed by atoms with Crippen LogP contribution >= 0.6 is 0 Å². The molecule has 1 N–H and O–H groups in total. The summed E-state index contributed by atoms with van der Waals surface area (Å²) < 4.78 is 0. The molecule has 1 aromatic rings. The number of hydrogen-bond donors (Lipinski definition) is 1. The lowest BCUT2D eigenvalue weighted by molar-refractivity contribution is 0.170. The van der Waals surface area contributed by atoms with Gasteiger partial charge < -0.3 is 5.11 Å². The topological polar surface area (TPSA) is 23.5 Å². The van der Waals surface area contributed by atoms with Crippen molar-refractivity contribution in [3.63, 3.8) is 0 Å². The van der Waals surface area contributed by atoms with Crippen LogP contribution in [0.25, 0.3) is 5.57 Å². The Balaban J connectivity index is 2.27. The standard InChI is InChI=1S/C13H17NO/c1-10-3-5-11(6-4-10)12-7-8-14(2)9-13(12)15/h3-7,13,15H,8-9H2,1-2H3. The first-order chi connectivity index (χ1) is 7.16. The summed E-state index contributed by atoms with van der Waals surface area (Å²) in [5.41, 5.74) is 3.45. The quantitative estimate of drug-likeness (QED) is 0.750. The first-order valence-electron chi connectivity index (χ1n) is 5.30. The monoisotopic (exact) mass is 203 g/mol. The molecule has 1 atom stereocenters. The average Bonchev–Trinajstić information content (AvgIpc) is 2.20. The van der Waals surface area contributed by atoms with E-state index >= 15 is 0 Å². The van der Waals surface area contributed by atoms with Gasteiger partial charge in [0, 0.05) is 13.1 Å². The number of rotatable bonds is 1. The zero-order valence-electron chi connectivity index (χ0n) is 9.27. The van der Waals surface area contributed by atoms with E-state index in [0.717, 1.165) is 24.2 Å². The smallest absolute Gasteiger partial charge is 0.0920 e. The molecule has 2 nitrogen and oxygen atoms in total. The van der Waals surface area contributed by atoms with Gasteiger partial charge in [0.1, 0.15) is 0 Å². The Kier molecular flexibility index (Phi) is 2.89. The predicted molar refractivity (Wildman–Crippen MR) is 62.7 cm³/mol. The maximum atomic E-state index is 9.95. The van der Waals surface area contributed by atoms with Gasteiger partial charge in [-0.3, -0.25) is 4.90 Å². The minimum atomic E-state index is -0.355. The molecule has 1 heterocycles. The van der Waals surface area contributed by atoms with E-state index in [1.807, 2.05) is 7.05 Å². The van der Waals surface area contributed by atoms with Gasteiger partial charge in [-0.1, -0.05) is 35.9 Å². The summed E-state index contributed by atoms with van der Waals surface area (Å²) >= 11 is 0. The van der Waals surface area contributed by atoms with Gasteiger partial charge in [-0.25, -0.2) is 0 Å². The molecule has 0 aromatic heterocycles. The summed E-state index contributed by atoms with van der Waals surface area (Å²) in [7, 11) is 2.02. The van der Waals surface area contributed by atoms with Gasteiger partial charge in [0.2, 0.25) is 0 Å². The van der Waals surface area contributed by atoms with E-state index in [-0.39, 0.29) is 6.10 Å². The van der Waals surface area contributed by atoms with Crippen molar-refractivity contribution in [2.45, 2.75) is 13.0 Å². The molecule has 0 saturated carbocycles. The van der Waals surface area contributed by atoms with Gasteiger partial charge in [0.25, 0.3) is 0 Å². The van der Waals surface area contributed by atoms with Crippen molar-refractivity contribution in [2.24, 2.45) is 0 Å². The Hall–Kier alpha value is -1.12. The first-order valence-corrected chi connectivity index (χ1v) is 5.30. The fraction of sp³-hybridized carbons (Fsp3) is 0.385. The van der Waals surface area contributed by atoms with E-state index in [9.17, 15) is 5.11 Å². The van der Waals surface area contributed by atoms with Crippen molar-refractivity contribution in [3.8, 4) is 0 Å². The Morgan fingerprint density at radius 1 is 1.27 bits per heavy atom. The zero-order valence-corrected chi connectivity index (χ0v) is 9.27. The minimum absolute atomic E-state index is 0.355. The molecule has 1 aromatic carbocycles. The van der Waals surface area contributed by atoms with E-state index in [2.05, 4.69) is 42.2 Å². The molecule has 15 heavy (non-hydrogen) atoms. The molecular formula is C13H17NO. The van der Waals surface area contributed by atoms with Crippen LogP contribution in [0.4, 0.5) is 0 Å². The highest BCUT2D eigenvalue weighted by atomic mass is 16.3. The van der Waals surface area contributed by atoms with Crippen molar-refractivity contribution in [2.75, 3.05) is 20.1 Å². The Bertz CT molecular complexity index is 367. The van der Waals surface area contributed by atoms with Crippen LogP contribution in [0.2, 0.25) is 0 Å². The molecular weight excluding hydrogens is 186 g/mol. The van der Waals surface area contributed by atoms with Crippen LogP contribution in [0.5, 0.6) is 0 Å². The molecule has 0 radical (unpaired) electrons. The highest BCUT2D eigenvalue weighted by Gasteiger charge is 2.18. The normalized spacial score (nSPS) is 22.6. The third-order valence-corrected chi connectivity index (χ3v) is 2.85. The lowest BCUT2D eigenvalue weighted by Crippen LogP contribution is -2.34. The number of aryl methyl sites for hydroxylation is 1. The third-order valence-electron chi connectivity index (χ3n) is 2.85. The van der Waals surface area contributed by atoms with Crippen molar-refractivity contribution in [1.82, 2.24) is 4.90 Å². The number of benzene rings is 1. The van der Waals surface area contributed by atoms with Gasteiger partial charge in [0.05, 0.1) is 6.10 Å². The second-order valence-electron chi connectivity index (χ2n) is 4.26. The first kappa shape index (κ1) is 10.4. The lowest BCUT2D eigenvalue weighted by Gasteiger charge is -2.27. The maximum absolute atomic E-state index is 9.95. The van der Waals surface area contributed by atoms with Gasteiger partial charge in [-0.15, -0.1) is 0 Å². The number of nitrogens with zero attached hydrogens (tertiary/aromatic N) is 1. The molecule has 2 heteroatoms. The van der Waals surface area contributed by atoms with Crippen LogP contribution in [0.1, 0.15) is 11.1 Å². The zero-order chi connectivity index (χ0) is 10.8. The van der Waals surface area contributed by atoms with E-state index < -0.39 is 0 Å². The van der Waals surface area contributed by atoms with Crippen LogP contribution in [-0.4, -0.2) is 36.2 Å². The number of aliphatic hydroxyl groups is 1. The van der Waals surface area contributed by atoms with E-state index in [0.29, 0.717) is 0 Å². The number of hydrogen-bond acceptors (Lipinski definition) is 2. The van der Waals surface area contributed by atoms with Crippen molar-refractivity contribution in [1.29, 1.82) is 0 Å². The molecule has 0 bridgehead atoms. The predicted octanol–water partition coefficient (Wildman–Crippen LogP) is 1.68. The van der Waals surface area contributed by atoms with Gasteiger partial charge in [-0.2, -0.15) is 0 Å². The van der Waals surface area contributed by atoms with Gasteiger partial charge >= 0.3 is 0 Å². The van der Waals surface area contributed by atoms with Crippen molar-refractivity contribution >= 4 is 5.57 Å². The molecule has 1 unspecified atom stereocenters. The molecule has 1 aliphatic heterocycles.